The second kappa shape index (κ2) is 10.4. The van der Waals surface area contributed by atoms with E-state index in [-0.39, 0.29) is 16.3 Å². The van der Waals surface area contributed by atoms with Crippen molar-refractivity contribution in [1.29, 1.82) is 0 Å². The molecule has 2 N–H and O–H groups in total. The molecular weight excluding hydrogens is 460 g/mol. The predicted octanol–water partition coefficient (Wildman–Crippen LogP) is 4.80. The van der Waals surface area contributed by atoms with E-state index >= 15 is 0 Å². The first-order valence-corrected chi connectivity index (χ1v) is 12.3. The van der Waals surface area contributed by atoms with Gasteiger partial charge in [-0.05, 0) is 62.1 Å². The molecule has 0 saturated carbocycles. The monoisotopic (exact) mass is 486 g/mol. The smallest absolute Gasteiger partial charge is 0.242 e. The van der Waals surface area contributed by atoms with Crippen LogP contribution in [0.25, 0.3) is 0 Å². The lowest BCUT2D eigenvalue weighted by atomic mass is 10.0. The molecule has 0 fully saturated rings. The topological polar surface area (TPSA) is 84.5 Å². The van der Waals surface area contributed by atoms with Gasteiger partial charge in [-0.15, -0.1) is 0 Å². The molecule has 0 aliphatic carbocycles. The molecule has 0 radical (unpaired) electrons. The van der Waals surface area contributed by atoms with Gasteiger partial charge < -0.3 is 10.1 Å². The number of sulfonamides is 1. The number of rotatable bonds is 8. The second-order valence-corrected chi connectivity index (χ2v) is 10.0. The number of methoxy groups -OCH3 is 1. The van der Waals surface area contributed by atoms with E-state index in [2.05, 4.69) is 10.0 Å². The number of hydrogen-bond donors (Lipinski definition) is 2. The largest absolute Gasteiger partial charge is 0.495 e. The molecule has 6 nitrogen and oxygen atoms in total. The highest BCUT2D eigenvalue weighted by Gasteiger charge is 2.27. The number of hydrogen-bond acceptors (Lipinski definition) is 4. The van der Waals surface area contributed by atoms with Gasteiger partial charge in [0, 0.05) is 5.69 Å². The first-order chi connectivity index (χ1) is 15.6. The normalized spacial score (nSPS) is 12.3. The first kappa shape index (κ1) is 24.8. The van der Waals surface area contributed by atoms with Crippen LogP contribution in [0.1, 0.15) is 22.3 Å². The van der Waals surface area contributed by atoms with Crippen LogP contribution in [0.5, 0.6) is 5.75 Å². The Morgan fingerprint density at radius 2 is 1.64 bits per heavy atom. The van der Waals surface area contributed by atoms with Gasteiger partial charge in [-0.25, -0.2) is 8.42 Å². The molecule has 1 amide bonds. The summed E-state index contributed by atoms with van der Waals surface area (Å²) < 4.78 is 33.9. The molecule has 33 heavy (non-hydrogen) atoms. The van der Waals surface area contributed by atoms with Crippen LogP contribution < -0.4 is 14.8 Å². The summed E-state index contributed by atoms with van der Waals surface area (Å²) in [6.07, 6.45) is 0.180. The summed E-state index contributed by atoms with van der Waals surface area (Å²) in [6, 6.07) is 16.3. The van der Waals surface area contributed by atoms with E-state index in [0.717, 1.165) is 22.3 Å². The molecule has 8 heteroatoms. The van der Waals surface area contributed by atoms with E-state index in [0.29, 0.717) is 11.4 Å². The Morgan fingerprint density at radius 3 is 2.21 bits per heavy atom. The van der Waals surface area contributed by atoms with Crippen LogP contribution in [0.3, 0.4) is 0 Å². The Labute approximate surface area is 200 Å². The minimum absolute atomic E-state index is 0.0538. The number of nitrogens with one attached hydrogen (secondary N) is 2. The zero-order valence-electron chi connectivity index (χ0n) is 19.0. The summed E-state index contributed by atoms with van der Waals surface area (Å²) in [6.45, 7) is 5.80. The molecule has 0 aliphatic rings. The molecule has 0 aliphatic heterocycles. The number of benzene rings is 3. The second-order valence-electron chi connectivity index (χ2n) is 7.92. The fraction of sp³-hybridized carbons (Fsp3) is 0.240. The van der Waals surface area contributed by atoms with Gasteiger partial charge >= 0.3 is 0 Å². The van der Waals surface area contributed by atoms with Gasteiger partial charge in [0.1, 0.15) is 11.8 Å². The van der Waals surface area contributed by atoms with Crippen molar-refractivity contribution in [3.05, 3.63) is 87.9 Å². The molecule has 3 rings (SSSR count). The number of carbonyl (C=O) groups is 1. The Hall–Kier alpha value is -2.87. The lowest BCUT2D eigenvalue weighted by Crippen LogP contribution is -2.45. The Kier molecular flexibility index (Phi) is 7.79. The average molecular weight is 487 g/mol. The molecule has 0 spiro atoms. The van der Waals surface area contributed by atoms with Crippen LogP contribution in [0.4, 0.5) is 5.69 Å². The minimum atomic E-state index is -4.04. The minimum Gasteiger partial charge on any atom is -0.495 e. The summed E-state index contributed by atoms with van der Waals surface area (Å²) in [5.41, 5.74) is 4.40. The van der Waals surface area contributed by atoms with Gasteiger partial charge in [0.2, 0.25) is 15.9 Å². The Bertz CT molecular complexity index is 1240. The van der Waals surface area contributed by atoms with Gasteiger partial charge in [0.05, 0.1) is 17.0 Å². The van der Waals surface area contributed by atoms with Crippen molar-refractivity contribution in [3.8, 4) is 5.75 Å². The van der Waals surface area contributed by atoms with Crippen LogP contribution in [-0.4, -0.2) is 27.5 Å². The number of anilines is 1. The lowest BCUT2D eigenvalue weighted by molar-refractivity contribution is -0.117. The van der Waals surface area contributed by atoms with Gasteiger partial charge in [-0.3, -0.25) is 4.79 Å². The summed E-state index contributed by atoms with van der Waals surface area (Å²) in [5, 5.41) is 3.08. The molecular formula is C25H27ClN2O4S. The highest BCUT2D eigenvalue weighted by atomic mass is 35.5. The lowest BCUT2D eigenvalue weighted by Gasteiger charge is -2.21. The SMILES string of the molecule is COc1ccc(S(=O)(=O)NC(Cc2ccccc2)C(=O)Nc2c(C)cc(C)cc2C)cc1Cl. The zero-order chi connectivity index (χ0) is 24.2. The highest BCUT2D eigenvalue weighted by molar-refractivity contribution is 7.89. The Morgan fingerprint density at radius 1 is 1.00 bits per heavy atom. The maximum Gasteiger partial charge on any atom is 0.242 e. The van der Waals surface area contributed by atoms with E-state index in [1.807, 2.05) is 63.2 Å². The van der Waals surface area contributed by atoms with Gasteiger partial charge in [0.25, 0.3) is 0 Å². The van der Waals surface area contributed by atoms with Crippen molar-refractivity contribution in [1.82, 2.24) is 4.72 Å². The quantitative estimate of drug-likeness (QED) is 0.479. The number of amides is 1. The molecule has 0 heterocycles. The van der Waals surface area contributed by atoms with E-state index in [9.17, 15) is 13.2 Å². The van der Waals surface area contributed by atoms with Gasteiger partial charge in [-0.1, -0.05) is 59.6 Å². The van der Waals surface area contributed by atoms with Crippen molar-refractivity contribution in [3.63, 3.8) is 0 Å². The van der Waals surface area contributed by atoms with Crippen LogP contribution in [-0.2, 0) is 21.2 Å². The van der Waals surface area contributed by atoms with E-state index in [1.165, 1.54) is 25.3 Å². The van der Waals surface area contributed by atoms with Gasteiger partial charge in [0.15, 0.2) is 0 Å². The van der Waals surface area contributed by atoms with Crippen molar-refractivity contribution >= 4 is 33.2 Å². The molecule has 3 aromatic carbocycles. The van der Waals surface area contributed by atoms with Gasteiger partial charge in [-0.2, -0.15) is 4.72 Å². The molecule has 0 aromatic heterocycles. The van der Waals surface area contributed by atoms with E-state index in [4.69, 9.17) is 16.3 Å². The average Bonchev–Trinajstić information content (AvgIpc) is 2.76. The van der Waals surface area contributed by atoms with Crippen LogP contribution in [0.15, 0.2) is 65.6 Å². The van der Waals surface area contributed by atoms with E-state index in [1.54, 1.807) is 0 Å². The maximum absolute atomic E-state index is 13.3. The van der Waals surface area contributed by atoms with Crippen molar-refractivity contribution in [2.24, 2.45) is 0 Å². The summed E-state index contributed by atoms with van der Waals surface area (Å²) in [5.74, 6) is -0.0865. The molecule has 0 bridgehead atoms. The molecule has 1 unspecified atom stereocenters. The summed E-state index contributed by atoms with van der Waals surface area (Å²) in [7, 11) is -2.59. The third-order valence-electron chi connectivity index (χ3n) is 5.26. The number of carbonyl (C=O) groups excluding carboxylic acids is 1. The highest BCUT2D eigenvalue weighted by Crippen LogP contribution is 2.27. The molecule has 174 valence electrons. The number of halogens is 1. The third-order valence-corrected chi connectivity index (χ3v) is 7.02. The Balaban J connectivity index is 1.92. The summed E-state index contributed by atoms with van der Waals surface area (Å²) >= 11 is 6.12. The van der Waals surface area contributed by atoms with Crippen LogP contribution in [0.2, 0.25) is 5.02 Å². The van der Waals surface area contributed by atoms with E-state index < -0.39 is 22.0 Å². The van der Waals surface area contributed by atoms with Crippen LogP contribution >= 0.6 is 11.6 Å². The van der Waals surface area contributed by atoms with Crippen molar-refractivity contribution < 1.29 is 17.9 Å². The molecule has 0 saturated heterocycles. The zero-order valence-corrected chi connectivity index (χ0v) is 20.5. The third kappa shape index (κ3) is 6.13. The van der Waals surface area contributed by atoms with Crippen molar-refractivity contribution in [2.75, 3.05) is 12.4 Å². The first-order valence-electron chi connectivity index (χ1n) is 10.4. The predicted molar refractivity (Wildman–Crippen MR) is 132 cm³/mol. The number of ether oxygens (including phenoxy) is 1. The van der Waals surface area contributed by atoms with Crippen LogP contribution in [0, 0.1) is 20.8 Å². The maximum atomic E-state index is 13.3. The molecule has 3 aromatic rings. The number of aryl methyl sites for hydroxylation is 3. The standard InChI is InChI=1S/C25H27ClN2O4S/c1-16-12-17(2)24(18(3)13-16)27-25(29)22(14-19-8-6-5-7-9-19)28-33(30,31)20-10-11-23(32-4)21(26)15-20/h5-13,15,22,28H,14H2,1-4H3,(H,27,29). The fourth-order valence-corrected chi connectivity index (χ4v) is 5.24. The fourth-order valence-electron chi connectivity index (χ4n) is 3.69. The summed E-state index contributed by atoms with van der Waals surface area (Å²) in [4.78, 5) is 13.2. The molecule has 1 atom stereocenters. The van der Waals surface area contributed by atoms with Crippen molar-refractivity contribution in [2.45, 2.75) is 38.1 Å².